The molecule has 1 aliphatic rings. The molecule has 1 aromatic carbocycles. The quantitative estimate of drug-likeness (QED) is 0.670. The molecule has 1 aromatic rings. The molecule has 1 amide bonds. The minimum absolute atomic E-state index is 0.286. The first-order valence-corrected chi connectivity index (χ1v) is 7.73. The number of benzene rings is 1. The molecule has 1 aliphatic carbocycles. The number of hydrogen-bond acceptors (Lipinski definition) is 4. The van der Waals surface area contributed by atoms with Gasteiger partial charge in [-0.25, -0.2) is 5.43 Å². The van der Waals surface area contributed by atoms with Gasteiger partial charge in [0.1, 0.15) is 0 Å². The summed E-state index contributed by atoms with van der Waals surface area (Å²) in [5.41, 5.74) is 4.05. The van der Waals surface area contributed by atoms with E-state index in [-0.39, 0.29) is 5.91 Å². The Labute approximate surface area is 131 Å². The molecule has 0 heterocycles. The average molecular weight is 304 g/mol. The highest BCUT2D eigenvalue weighted by molar-refractivity contribution is 5.98. The summed E-state index contributed by atoms with van der Waals surface area (Å²) in [6, 6.07) is 5.21. The highest BCUT2D eigenvalue weighted by Gasteiger charge is 2.18. The maximum atomic E-state index is 12.3. The number of carbonyl (C=O) groups excluding carboxylic acids is 1. The van der Waals surface area contributed by atoms with E-state index in [9.17, 15) is 4.79 Å². The minimum atomic E-state index is -0.286. The van der Waals surface area contributed by atoms with Crippen molar-refractivity contribution in [1.29, 1.82) is 0 Å². The van der Waals surface area contributed by atoms with E-state index < -0.39 is 0 Å². The number of ether oxygens (including phenoxy) is 2. The number of hydrogen-bond donors (Lipinski definition) is 1. The molecule has 0 radical (unpaired) electrons. The van der Waals surface area contributed by atoms with Gasteiger partial charge >= 0.3 is 0 Å². The Morgan fingerprint density at radius 3 is 2.55 bits per heavy atom. The fourth-order valence-corrected chi connectivity index (χ4v) is 2.88. The average Bonchev–Trinajstić information content (AvgIpc) is 2.59. The summed E-state index contributed by atoms with van der Waals surface area (Å²) in [4.78, 5) is 12.3. The molecule has 0 aromatic heterocycles. The third kappa shape index (κ3) is 3.78. The van der Waals surface area contributed by atoms with Crippen LogP contribution < -0.4 is 14.9 Å². The number of para-hydroxylation sites is 1. The van der Waals surface area contributed by atoms with E-state index in [0.717, 1.165) is 18.6 Å². The summed E-state index contributed by atoms with van der Waals surface area (Å²) in [5.74, 6) is 1.16. The van der Waals surface area contributed by atoms with Crippen LogP contribution in [0.5, 0.6) is 11.5 Å². The van der Waals surface area contributed by atoms with Crippen LogP contribution in [0.1, 0.15) is 49.4 Å². The van der Waals surface area contributed by atoms with E-state index in [2.05, 4.69) is 10.5 Å². The summed E-state index contributed by atoms with van der Waals surface area (Å²) in [5, 5.41) is 4.28. The van der Waals surface area contributed by atoms with Gasteiger partial charge in [0, 0.05) is 5.71 Å². The van der Waals surface area contributed by atoms with E-state index in [1.54, 1.807) is 25.3 Å². The number of methoxy groups -OCH3 is 2. The Morgan fingerprint density at radius 2 is 1.91 bits per heavy atom. The zero-order valence-corrected chi connectivity index (χ0v) is 13.5. The Kier molecular flexibility index (Phi) is 5.81. The molecular weight excluding hydrogens is 280 g/mol. The van der Waals surface area contributed by atoms with Crippen LogP contribution in [0.15, 0.2) is 23.3 Å². The van der Waals surface area contributed by atoms with Crippen molar-refractivity contribution in [2.45, 2.75) is 39.0 Å². The number of nitrogens with zero attached hydrogens (tertiary/aromatic N) is 1. The first-order chi connectivity index (χ1) is 10.7. The van der Waals surface area contributed by atoms with Gasteiger partial charge in [0.15, 0.2) is 11.5 Å². The molecule has 120 valence electrons. The zero-order chi connectivity index (χ0) is 15.9. The number of hydrazone groups is 1. The van der Waals surface area contributed by atoms with Crippen LogP contribution in [0.2, 0.25) is 0 Å². The molecule has 1 N–H and O–H groups in total. The predicted octanol–water partition coefficient (Wildman–Crippen LogP) is 3.39. The van der Waals surface area contributed by atoms with Crippen molar-refractivity contribution in [3.8, 4) is 11.5 Å². The fourth-order valence-electron chi connectivity index (χ4n) is 2.88. The summed E-state index contributed by atoms with van der Waals surface area (Å²) in [6.07, 6.45) is 6.11. The molecule has 5 heteroatoms. The van der Waals surface area contributed by atoms with Gasteiger partial charge in [0.05, 0.1) is 19.8 Å². The molecule has 2 rings (SSSR count). The van der Waals surface area contributed by atoms with Crippen molar-refractivity contribution < 1.29 is 14.3 Å². The lowest BCUT2D eigenvalue weighted by molar-refractivity contribution is 0.0950. The highest BCUT2D eigenvalue weighted by Crippen LogP contribution is 2.30. The van der Waals surface area contributed by atoms with Crippen molar-refractivity contribution in [3.05, 3.63) is 23.8 Å². The molecule has 1 saturated carbocycles. The third-order valence-corrected chi connectivity index (χ3v) is 4.18. The largest absolute Gasteiger partial charge is 0.493 e. The van der Waals surface area contributed by atoms with Crippen molar-refractivity contribution in [3.63, 3.8) is 0 Å². The number of nitrogens with one attached hydrogen (secondary N) is 1. The Bertz CT molecular complexity index is 549. The van der Waals surface area contributed by atoms with E-state index in [4.69, 9.17) is 9.47 Å². The van der Waals surface area contributed by atoms with Gasteiger partial charge < -0.3 is 9.47 Å². The number of carbonyl (C=O) groups is 1. The smallest absolute Gasteiger partial charge is 0.275 e. The van der Waals surface area contributed by atoms with Crippen LogP contribution in [0, 0.1) is 5.92 Å². The van der Waals surface area contributed by atoms with Crippen molar-refractivity contribution >= 4 is 11.6 Å². The van der Waals surface area contributed by atoms with Gasteiger partial charge in [-0.3, -0.25) is 4.79 Å². The van der Waals surface area contributed by atoms with E-state index in [1.807, 2.05) is 6.92 Å². The van der Waals surface area contributed by atoms with Gasteiger partial charge in [-0.1, -0.05) is 25.3 Å². The third-order valence-electron chi connectivity index (χ3n) is 4.18. The lowest BCUT2D eigenvalue weighted by Gasteiger charge is -2.21. The van der Waals surface area contributed by atoms with Crippen LogP contribution in [0.25, 0.3) is 0 Å². The number of amides is 1. The molecule has 0 spiro atoms. The molecule has 1 fully saturated rings. The van der Waals surface area contributed by atoms with Crippen LogP contribution in [-0.4, -0.2) is 25.8 Å². The first-order valence-electron chi connectivity index (χ1n) is 7.73. The zero-order valence-electron chi connectivity index (χ0n) is 13.5. The lowest BCUT2D eigenvalue weighted by Crippen LogP contribution is -2.23. The molecule has 0 bridgehead atoms. The maximum Gasteiger partial charge on any atom is 0.275 e. The van der Waals surface area contributed by atoms with Crippen LogP contribution in [-0.2, 0) is 0 Å². The van der Waals surface area contributed by atoms with Crippen molar-refractivity contribution in [1.82, 2.24) is 5.43 Å². The van der Waals surface area contributed by atoms with Crippen molar-refractivity contribution in [2.24, 2.45) is 11.0 Å². The monoisotopic (exact) mass is 304 g/mol. The number of rotatable bonds is 5. The Hall–Kier alpha value is -2.04. The summed E-state index contributed by atoms with van der Waals surface area (Å²) in [7, 11) is 3.07. The second kappa shape index (κ2) is 7.82. The topological polar surface area (TPSA) is 59.9 Å². The van der Waals surface area contributed by atoms with Gasteiger partial charge in [0.2, 0.25) is 0 Å². The standard InChI is InChI=1S/C17H24N2O3/c1-12(13-8-5-4-6-9-13)18-19-17(20)14-10-7-11-15(21-2)16(14)22-3/h7,10-11,13H,4-6,8-9H2,1-3H3,(H,19,20)/b18-12+. The van der Waals surface area contributed by atoms with E-state index >= 15 is 0 Å². The highest BCUT2D eigenvalue weighted by atomic mass is 16.5. The predicted molar refractivity (Wildman–Crippen MR) is 86.7 cm³/mol. The second-order valence-corrected chi connectivity index (χ2v) is 5.57. The van der Waals surface area contributed by atoms with Gasteiger partial charge in [-0.05, 0) is 37.8 Å². The normalized spacial score (nSPS) is 16.2. The van der Waals surface area contributed by atoms with Crippen LogP contribution in [0.4, 0.5) is 0 Å². The molecular formula is C17H24N2O3. The Balaban J connectivity index is 2.09. The summed E-state index contributed by atoms with van der Waals surface area (Å²) in [6.45, 7) is 1.99. The summed E-state index contributed by atoms with van der Waals surface area (Å²) >= 11 is 0. The van der Waals surface area contributed by atoms with Gasteiger partial charge in [-0.2, -0.15) is 5.10 Å². The fraction of sp³-hybridized carbons (Fsp3) is 0.529. The second-order valence-electron chi connectivity index (χ2n) is 5.57. The molecule has 0 atom stereocenters. The first kappa shape index (κ1) is 16.3. The molecule has 0 unspecified atom stereocenters. The van der Waals surface area contributed by atoms with E-state index in [0.29, 0.717) is 23.0 Å². The summed E-state index contributed by atoms with van der Waals surface area (Å²) < 4.78 is 10.5. The van der Waals surface area contributed by atoms with Crippen molar-refractivity contribution in [2.75, 3.05) is 14.2 Å². The van der Waals surface area contributed by atoms with Gasteiger partial charge in [-0.15, -0.1) is 0 Å². The minimum Gasteiger partial charge on any atom is -0.493 e. The molecule has 5 nitrogen and oxygen atoms in total. The SMILES string of the molecule is COc1cccc(C(=O)N/N=C(\C)C2CCCCC2)c1OC. The van der Waals surface area contributed by atoms with E-state index in [1.165, 1.54) is 26.4 Å². The maximum absolute atomic E-state index is 12.3. The van der Waals surface area contributed by atoms with Crippen LogP contribution >= 0.6 is 0 Å². The molecule has 22 heavy (non-hydrogen) atoms. The Morgan fingerprint density at radius 1 is 1.18 bits per heavy atom. The van der Waals surface area contributed by atoms with Crippen LogP contribution in [0.3, 0.4) is 0 Å². The van der Waals surface area contributed by atoms with Gasteiger partial charge in [0.25, 0.3) is 5.91 Å². The molecule has 0 saturated heterocycles. The lowest BCUT2D eigenvalue weighted by atomic mass is 9.86. The molecule has 0 aliphatic heterocycles.